The molecule has 0 bridgehead atoms. The molecular weight excluding hydrogens is 414 g/mol. The van der Waals surface area contributed by atoms with Crippen molar-refractivity contribution in [2.45, 2.75) is 38.5 Å². The molecule has 2 aliphatic rings. The normalized spacial score (nSPS) is 16.5. The van der Waals surface area contributed by atoms with Gasteiger partial charge in [0.1, 0.15) is 0 Å². The Labute approximate surface area is 190 Å². The number of nitrogens with one attached hydrogen (secondary N) is 1. The van der Waals surface area contributed by atoms with Gasteiger partial charge in [0.05, 0.1) is 16.7 Å². The molecule has 0 unspecified atom stereocenters. The Morgan fingerprint density at radius 1 is 0.939 bits per heavy atom. The van der Waals surface area contributed by atoms with E-state index in [2.05, 4.69) is 11.1 Å². The minimum absolute atomic E-state index is 0.237. The number of aryl methyl sites for hydroxylation is 2. The zero-order valence-electron chi connectivity index (χ0n) is 18.6. The molecule has 0 radical (unpaired) electrons. The summed E-state index contributed by atoms with van der Waals surface area (Å²) >= 11 is 0. The van der Waals surface area contributed by atoms with Crippen molar-refractivity contribution in [3.05, 3.63) is 75.7 Å². The predicted molar refractivity (Wildman–Crippen MR) is 129 cm³/mol. The van der Waals surface area contributed by atoms with Gasteiger partial charge in [0.25, 0.3) is 11.8 Å². The number of carbonyl (C=O) groups is 2. The van der Waals surface area contributed by atoms with Gasteiger partial charge in [-0.05, 0) is 60.0 Å². The molecule has 1 aliphatic heterocycles. The van der Waals surface area contributed by atoms with Crippen LogP contribution in [0.25, 0.3) is 21.8 Å². The number of H-pyrrole nitrogens is 1. The van der Waals surface area contributed by atoms with Crippen molar-refractivity contribution in [1.29, 1.82) is 0 Å². The largest absolute Gasteiger partial charge is 0.326 e. The second kappa shape index (κ2) is 7.44. The van der Waals surface area contributed by atoms with Crippen LogP contribution in [-0.4, -0.2) is 21.4 Å². The average molecular weight is 440 g/mol. The lowest BCUT2D eigenvalue weighted by Gasteiger charge is -2.28. The summed E-state index contributed by atoms with van der Waals surface area (Å²) in [5.74, 6) is 0.130. The van der Waals surface area contributed by atoms with Gasteiger partial charge in [-0.15, -0.1) is 0 Å². The third-order valence-corrected chi connectivity index (χ3v) is 7.44. The number of imide groups is 1. The van der Waals surface area contributed by atoms with E-state index in [-0.39, 0.29) is 17.5 Å². The molecule has 1 aromatic heterocycles. The first kappa shape index (κ1) is 20.0. The third kappa shape index (κ3) is 3.04. The number of imidazole rings is 1. The molecule has 2 heterocycles. The number of aromatic nitrogens is 2. The lowest BCUT2D eigenvalue weighted by atomic mass is 9.88. The van der Waals surface area contributed by atoms with Gasteiger partial charge in [-0.2, -0.15) is 0 Å². The van der Waals surface area contributed by atoms with Crippen molar-refractivity contribution >= 4 is 39.3 Å². The number of hydrogen-bond acceptors (Lipinski definition) is 3. The van der Waals surface area contributed by atoms with E-state index in [9.17, 15) is 14.4 Å². The van der Waals surface area contributed by atoms with Crippen LogP contribution in [0, 0.1) is 5.92 Å². The van der Waals surface area contributed by atoms with Gasteiger partial charge < -0.3 is 4.98 Å². The number of rotatable bonds is 4. The van der Waals surface area contributed by atoms with Crippen LogP contribution in [0.4, 0.5) is 5.69 Å². The summed E-state index contributed by atoms with van der Waals surface area (Å²) in [5.41, 5.74) is 3.83. The zero-order chi connectivity index (χ0) is 22.7. The van der Waals surface area contributed by atoms with Crippen LogP contribution in [0.15, 0.2) is 53.3 Å². The summed E-state index contributed by atoms with van der Waals surface area (Å²) in [7, 11) is 1.66. The van der Waals surface area contributed by atoms with Crippen molar-refractivity contribution < 1.29 is 9.59 Å². The fraction of sp³-hybridized carbons (Fsp3) is 0.296. The lowest BCUT2D eigenvalue weighted by Crippen LogP contribution is -2.40. The molecule has 3 aromatic carbocycles. The summed E-state index contributed by atoms with van der Waals surface area (Å²) in [6.45, 7) is 0. The maximum absolute atomic E-state index is 13.5. The molecular formula is C27H25N3O3. The lowest BCUT2D eigenvalue weighted by molar-refractivity contribution is 0.0893. The smallest absolute Gasteiger partial charge is 0.306 e. The van der Waals surface area contributed by atoms with Crippen molar-refractivity contribution in [3.63, 3.8) is 0 Å². The highest BCUT2D eigenvalue weighted by atomic mass is 16.2. The highest BCUT2D eigenvalue weighted by molar-refractivity contribution is 6.36. The van der Waals surface area contributed by atoms with Crippen molar-refractivity contribution in [2.24, 2.45) is 13.0 Å². The molecule has 0 atom stereocenters. The number of benzene rings is 3. The van der Waals surface area contributed by atoms with Gasteiger partial charge >= 0.3 is 5.69 Å². The highest BCUT2D eigenvalue weighted by Gasteiger charge is 2.34. The Balaban J connectivity index is 1.43. The summed E-state index contributed by atoms with van der Waals surface area (Å²) in [6, 6.07) is 14.8. The third-order valence-electron chi connectivity index (χ3n) is 7.44. The van der Waals surface area contributed by atoms with E-state index in [1.807, 2.05) is 18.2 Å². The maximum Gasteiger partial charge on any atom is 0.326 e. The first-order valence-corrected chi connectivity index (χ1v) is 11.6. The van der Waals surface area contributed by atoms with Crippen LogP contribution in [0.1, 0.15) is 58.4 Å². The molecule has 0 saturated heterocycles. The highest BCUT2D eigenvalue weighted by Crippen LogP contribution is 2.36. The Hall–Kier alpha value is -3.67. The second-order valence-corrected chi connectivity index (χ2v) is 9.33. The number of hydrogen-bond donors (Lipinski definition) is 1. The molecule has 33 heavy (non-hydrogen) atoms. The van der Waals surface area contributed by atoms with Gasteiger partial charge in [-0.3, -0.25) is 14.2 Å². The average Bonchev–Trinajstić information content (AvgIpc) is 3.44. The Morgan fingerprint density at radius 2 is 1.70 bits per heavy atom. The number of aromatic amines is 1. The van der Waals surface area contributed by atoms with Crippen molar-refractivity contribution in [3.8, 4) is 0 Å². The number of nitrogens with zero attached hydrogens (tertiary/aromatic N) is 2. The fourth-order valence-corrected chi connectivity index (χ4v) is 5.62. The number of amides is 2. The molecule has 2 amide bonds. The van der Waals surface area contributed by atoms with Gasteiger partial charge in [-0.25, -0.2) is 9.69 Å². The van der Waals surface area contributed by atoms with E-state index < -0.39 is 0 Å². The van der Waals surface area contributed by atoms with Crippen LogP contribution in [0.3, 0.4) is 0 Å². The van der Waals surface area contributed by atoms with E-state index in [1.165, 1.54) is 40.7 Å². The van der Waals surface area contributed by atoms with Gasteiger partial charge in [-0.1, -0.05) is 43.9 Å². The van der Waals surface area contributed by atoms with Gasteiger partial charge in [0, 0.05) is 23.6 Å². The van der Waals surface area contributed by atoms with E-state index in [0.29, 0.717) is 27.8 Å². The summed E-state index contributed by atoms with van der Waals surface area (Å²) in [4.78, 5) is 43.1. The molecule has 1 fully saturated rings. The van der Waals surface area contributed by atoms with E-state index in [1.54, 1.807) is 31.3 Å². The van der Waals surface area contributed by atoms with Crippen molar-refractivity contribution in [2.75, 3.05) is 4.90 Å². The molecule has 6 heteroatoms. The van der Waals surface area contributed by atoms with Crippen molar-refractivity contribution in [1.82, 2.24) is 9.55 Å². The molecule has 1 aliphatic carbocycles. The molecule has 6 rings (SSSR count). The van der Waals surface area contributed by atoms with E-state index in [4.69, 9.17) is 0 Å². The molecule has 6 nitrogen and oxygen atoms in total. The Morgan fingerprint density at radius 3 is 2.48 bits per heavy atom. The maximum atomic E-state index is 13.5. The molecule has 4 aromatic rings. The van der Waals surface area contributed by atoms with Gasteiger partial charge in [0.15, 0.2) is 0 Å². The van der Waals surface area contributed by atoms with Crippen LogP contribution >= 0.6 is 0 Å². The minimum Gasteiger partial charge on any atom is -0.306 e. The zero-order valence-corrected chi connectivity index (χ0v) is 18.6. The summed E-state index contributed by atoms with van der Waals surface area (Å²) < 4.78 is 1.48. The van der Waals surface area contributed by atoms with E-state index in [0.717, 1.165) is 29.5 Å². The number of carbonyl (C=O) groups excluding carboxylic acids is 2. The van der Waals surface area contributed by atoms with Crippen LogP contribution in [0.5, 0.6) is 0 Å². The topological polar surface area (TPSA) is 75.2 Å². The van der Waals surface area contributed by atoms with Crippen LogP contribution in [-0.2, 0) is 13.5 Å². The van der Waals surface area contributed by atoms with Crippen LogP contribution < -0.4 is 10.6 Å². The molecule has 1 saturated carbocycles. The number of anilines is 1. The standard InChI is InChI=1S/C27H25N3O3/c1-29-23-15-18(12-14-22(23)28-27(29)33)30-25(31)20-8-4-7-19-17(10-9-16-5-2-3-6-16)11-13-21(24(19)20)26(30)32/h4,7-8,11-16H,2-3,5-6,9-10H2,1H3,(H,28,33). The first-order chi connectivity index (χ1) is 16.0. The monoisotopic (exact) mass is 439 g/mol. The Kier molecular flexibility index (Phi) is 4.50. The van der Waals surface area contributed by atoms with Crippen LogP contribution in [0.2, 0.25) is 0 Å². The SMILES string of the molecule is Cn1c(=O)[nH]c2ccc(N3C(=O)c4cccc5c(CCC6CCCC6)ccc(c45)C3=O)cc21. The summed E-state index contributed by atoms with van der Waals surface area (Å²) in [6.07, 6.45) is 7.40. The molecule has 1 N–H and O–H groups in total. The quantitative estimate of drug-likeness (QED) is 0.458. The fourth-order valence-electron chi connectivity index (χ4n) is 5.62. The second-order valence-electron chi connectivity index (χ2n) is 9.33. The van der Waals surface area contributed by atoms with Gasteiger partial charge in [0.2, 0.25) is 0 Å². The molecule has 0 spiro atoms. The predicted octanol–water partition coefficient (Wildman–Crippen LogP) is 4.94. The summed E-state index contributed by atoms with van der Waals surface area (Å²) in [5, 5.41) is 1.77. The minimum atomic E-state index is -0.328. The van der Waals surface area contributed by atoms with E-state index >= 15 is 0 Å². The Bertz CT molecular complexity index is 1480. The molecule has 166 valence electrons. The first-order valence-electron chi connectivity index (χ1n) is 11.6. The number of fused-ring (bicyclic) bond motifs is 1.